The molecule has 0 aliphatic carbocycles. The number of hydrogen-bond donors (Lipinski definition) is 1. The summed E-state index contributed by atoms with van der Waals surface area (Å²) in [6.45, 7) is 11.9. The van der Waals surface area contributed by atoms with E-state index < -0.39 is 5.60 Å². The summed E-state index contributed by atoms with van der Waals surface area (Å²) in [6.07, 6.45) is 4.24. The zero-order valence-electron chi connectivity index (χ0n) is 25.5. The zero-order chi connectivity index (χ0) is 29.3. The van der Waals surface area contributed by atoms with Crippen molar-refractivity contribution in [2.45, 2.75) is 78.0 Å². The van der Waals surface area contributed by atoms with E-state index in [0.29, 0.717) is 29.5 Å². The summed E-state index contributed by atoms with van der Waals surface area (Å²) < 4.78 is 23.0. The first-order valence-corrected chi connectivity index (χ1v) is 15.6. The quantitative estimate of drug-likeness (QED) is 0.264. The predicted octanol–water partition coefficient (Wildman–Crippen LogP) is 8.36. The van der Waals surface area contributed by atoms with Gasteiger partial charge in [0, 0.05) is 12.6 Å². The van der Waals surface area contributed by atoms with Crippen molar-refractivity contribution in [3.8, 4) is 0 Å². The average molecular weight is 567 g/mol. The van der Waals surface area contributed by atoms with Crippen molar-refractivity contribution < 1.29 is 12.3 Å². The summed E-state index contributed by atoms with van der Waals surface area (Å²) in [4.78, 5) is 23.0. The number of thiazole rings is 2. The second-order valence-corrected chi connectivity index (χ2v) is 13.7. The molecule has 4 aromatic rings. The van der Waals surface area contributed by atoms with E-state index in [1.165, 1.54) is 41.1 Å². The van der Waals surface area contributed by atoms with Crippen LogP contribution in [0, 0.1) is 11.8 Å². The van der Waals surface area contributed by atoms with Crippen molar-refractivity contribution in [1.82, 2.24) is 20.2 Å². The predicted molar refractivity (Wildman–Crippen MR) is 162 cm³/mol. The van der Waals surface area contributed by atoms with Gasteiger partial charge in [0.05, 0.1) is 40.2 Å². The van der Waals surface area contributed by atoms with E-state index in [0.717, 1.165) is 51.3 Å². The summed E-state index contributed by atoms with van der Waals surface area (Å²) in [5, 5.41) is 3.59. The van der Waals surface area contributed by atoms with Crippen molar-refractivity contribution in [3.63, 3.8) is 0 Å². The van der Waals surface area contributed by atoms with E-state index in [4.69, 9.17) is 7.48 Å². The van der Waals surface area contributed by atoms with Gasteiger partial charge < -0.3 is 15.0 Å². The standard InChI is InChI=1S/C18H24N2O2S.C13H16N2S/c1-12-5-7-15(20(10-12)17(21)22-18(2,3)4)13-6-8-16-14(9-13)19-11-23-16;1-9-2-4-11(14-7-9)10-3-5-13-12(6-10)15-8-16-13/h6,8-9,11-12,15H,5,7,10H2,1-4H3;3,5-6,8-9,11,14H,2,4,7H2,1H3/t12-,15+;9-,11+/m00/s1/i11D;8D. The number of nitrogens with zero attached hydrogens (tertiary/aromatic N) is 3. The van der Waals surface area contributed by atoms with Crippen LogP contribution in [0.3, 0.4) is 0 Å². The first-order valence-electron chi connectivity index (χ1n) is 14.9. The minimum Gasteiger partial charge on any atom is -0.444 e. The van der Waals surface area contributed by atoms with Crippen molar-refractivity contribution in [1.29, 1.82) is 0 Å². The third-order valence-electron chi connectivity index (χ3n) is 7.50. The fraction of sp³-hybridized carbons (Fsp3) is 0.516. The van der Waals surface area contributed by atoms with Crippen molar-refractivity contribution in [3.05, 3.63) is 58.5 Å². The first-order chi connectivity index (χ1) is 19.4. The second-order valence-electron chi connectivity index (χ2n) is 12.0. The number of piperidine rings is 2. The minimum atomic E-state index is -0.499. The Balaban J connectivity index is 0.000000174. The molecule has 2 aliphatic rings. The highest BCUT2D eigenvalue weighted by molar-refractivity contribution is 7.17. The van der Waals surface area contributed by atoms with Crippen LogP contribution in [0.4, 0.5) is 4.79 Å². The van der Waals surface area contributed by atoms with E-state index in [1.807, 2.05) is 37.8 Å². The number of nitrogens with one attached hydrogen (secondary N) is 1. The summed E-state index contributed by atoms with van der Waals surface area (Å²) in [6, 6.07) is 13.0. The molecule has 0 unspecified atom stereocenters. The highest BCUT2D eigenvalue weighted by Gasteiger charge is 2.34. The fourth-order valence-corrected chi connectivity index (χ4v) is 6.56. The zero-order valence-corrected chi connectivity index (χ0v) is 25.1. The molecule has 1 N–H and O–H groups in total. The molecule has 4 atom stereocenters. The molecule has 4 heterocycles. The first kappa shape index (κ1) is 25.4. The van der Waals surface area contributed by atoms with Crippen LogP contribution < -0.4 is 5.32 Å². The van der Waals surface area contributed by atoms with Gasteiger partial charge in [0.15, 0.2) is 0 Å². The van der Waals surface area contributed by atoms with E-state index in [-0.39, 0.29) is 12.1 Å². The molecule has 8 heteroatoms. The number of carbonyl (C=O) groups excluding carboxylic acids is 1. The van der Waals surface area contributed by atoms with Gasteiger partial charge in [-0.3, -0.25) is 0 Å². The normalized spacial score (nSPS) is 24.6. The van der Waals surface area contributed by atoms with Crippen LogP contribution in [0.1, 0.15) is 86.3 Å². The number of rotatable bonds is 2. The lowest BCUT2D eigenvalue weighted by Gasteiger charge is -2.39. The smallest absolute Gasteiger partial charge is 0.410 e. The minimum absolute atomic E-state index is 0.0105. The van der Waals surface area contributed by atoms with Gasteiger partial charge >= 0.3 is 6.09 Å². The Hall–Kier alpha value is -2.55. The van der Waals surface area contributed by atoms with Gasteiger partial charge in [0.1, 0.15) is 5.60 Å². The summed E-state index contributed by atoms with van der Waals surface area (Å²) in [5.74, 6) is 1.26. The Morgan fingerprint density at radius 3 is 2.18 bits per heavy atom. The fourth-order valence-electron chi connectivity index (χ4n) is 5.39. The Morgan fingerprint density at radius 2 is 1.56 bits per heavy atom. The average Bonchev–Trinajstić information content (AvgIpc) is 3.47. The maximum Gasteiger partial charge on any atom is 0.410 e. The molecule has 208 valence electrons. The molecule has 39 heavy (non-hydrogen) atoms. The molecule has 6 nitrogen and oxygen atoms in total. The third kappa shape index (κ3) is 6.97. The van der Waals surface area contributed by atoms with E-state index in [2.05, 4.69) is 53.4 Å². The van der Waals surface area contributed by atoms with Gasteiger partial charge in [-0.2, -0.15) is 0 Å². The molecule has 0 bridgehead atoms. The van der Waals surface area contributed by atoms with Crippen LogP contribution in [0.2, 0.25) is 0 Å². The molecular formula is C31H40N4O2S2. The van der Waals surface area contributed by atoms with Crippen molar-refractivity contribution in [2.75, 3.05) is 13.1 Å². The van der Waals surface area contributed by atoms with Crippen molar-refractivity contribution >= 4 is 49.2 Å². The van der Waals surface area contributed by atoms with Gasteiger partial charge in [0.2, 0.25) is 0 Å². The number of likely N-dealkylation sites (tertiary alicyclic amines) is 1. The molecule has 2 aliphatic heterocycles. The van der Waals surface area contributed by atoms with Crippen LogP contribution in [0.5, 0.6) is 0 Å². The lowest BCUT2D eigenvalue weighted by atomic mass is 9.90. The van der Waals surface area contributed by atoms with Crippen LogP contribution in [-0.2, 0) is 4.74 Å². The molecule has 0 saturated carbocycles. The third-order valence-corrected chi connectivity index (χ3v) is 9.00. The summed E-state index contributed by atoms with van der Waals surface area (Å²) >= 11 is 2.82. The van der Waals surface area contributed by atoms with Gasteiger partial charge in [-0.15, -0.1) is 22.7 Å². The Labute approximate surface area is 242 Å². The lowest BCUT2D eigenvalue weighted by Crippen LogP contribution is -2.44. The summed E-state index contributed by atoms with van der Waals surface area (Å²) in [5.41, 5.74) is 4.43. The molecule has 2 saturated heterocycles. The number of hydrogen-bond acceptors (Lipinski definition) is 7. The van der Waals surface area contributed by atoms with Crippen LogP contribution >= 0.6 is 22.7 Å². The molecule has 1 amide bonds. The number of aromatic nitrogens is 2. The van der Waals surface area contributed by atoms with E-state index in [1.54, 1.807) is 0 Å². The van der Waals surface area contributed by atoms with Gasteiger partial charge in [0.25, 0.3) is 0 Å². The SMILES string of the molecule is [2H]c1nc2cc([C@H]3CC[C@H](C)CN3)ccc2s1.[2H]c1nc2cc([C@H]3CC[C@H](C)CN3C(=O)OC(C)(C)C)ccc2s1. The molecule has 2 fully saturated rings. The molecule has 6 rings (SSSR count). The van der Waals surface area contributed by atoms with Gasteiger partial charge in [-0.05, 0) is 100 Å². The van der Waals surface area contributed by atoms with Gasteiger partial charge in [-0.1, -0.05) is 26.0 Å². The summed E-state index contributed by atoms with van der Waals surface area (Å²) in [7, 11) is 0. The molecule has 0 spiro atoms. The largest absolute Gasteiger partial charge is 0.444 e. The van der Waals surface area contributed by atoms with Crippen molar-refractivity contribution in [2.24, 2.45) is 11.8 Å². The van der Waals surface area contributed by atoms with Crippen LogP contribution in [0.25, 0.3) is 20.4 Å². The maximum absolute atomic E-state index is 12.7. The lowest BCUT2D eigenvalue weighted by molar-refractivity contribution is 0.00365. The van der Waals surface area contributed by atoms with E-state index in [9.17, 15) is 4.79 Å². The molecule has 0 radical (unpaired) electrons. The number of fused-ring (bicyclic) bond motifs is 2. The highest BCUT2D eigenvalue weighted by Crippen LogP contribution is 2.36. The van der Waals surface area contributed by atoms with Gasteiger partial charge in [-0.25, -0.2) is 14.8 Å². The molecular weight excluding hydrogens is 525 g/mol. The maximum atomic E-state index is 12.7. The number of amides is 1. The highest BCUT2D eigenvalue weighted by atomic mass is 32.1. The Morgan fingerprint density at radius 1 is 0.949 bits per heavy atom. The number of carbonyl (C=O) groups is 1. The topological polar surface area (TPSA) is 67.4 Å². The molecule has 2 aromatic carbocycles. The van der Waals surface area contributed by atoms with E-state index >= 15 is 0 Å². The Kier molecular flexibility index (Phi) is 7.76. The number of benzene rings is 2. The number of ether oxygens (including phenoxy) is 1. The molecule has 2 aromatic heterocycles. The monoisotopic (exact) mass is 566 g/mol. The Bertz CT molecular complexity index is 1510. The second kappa shape index (κ2) is 11.9. The van der Waals surface area contributed by atoms with Crippen LogP contribution in [0.15, 0.2) is 47.4 Å². The van der Waals surface area contributed by atoms with Crippen LogP contribution in [-0.4, -0.2) is 39.7 Å².